The molecule has 2 N–H and O–H groups in total. The molecule has 210 valence electrons. The summed E-state index contributed by atoms with van der Waals surface area (Å²) < 4.78 is 67.6. The van der Waals surface area contributed by atoms with Crippen molar-refractivity contribution in [2.45, 2.75) is 146 Å². The summed E-state index contributed by atoms with van der Waals surface area (Å²) in [6.07, 6.45) is 26.4. The van der Waals surface area contributed by atoms with Crippen molar-refractivity contribution in [2.24, 2.45) is 0 Å². The third kappa shape index (κ3) is 65.1. The van der Waals surface area contributed by atoms with Crippen LogP contribution in [0.1, 0.15) is 142 Å². The minimum atomic E-state index is -4.67. The molecule has 0 saturated heterocycles. The molecule has 0 atom stereocenters. The summed E-state index contributed by atoms with van der Waals surface area (Å²) in [7, 11) is -9.15. The molecule has 0 rings (SSSR count). The fourth-order valence-corrected chi connectivity index (χ4v) is 4.31. The Bertz CT molecular complexity index is 585. The predicted octanol–water partition coefficient (Wildman–Crippen LogP) is 4.23. The first kappa shape index (κ1) is 44.7. The SMILES string of the molecule is CCCCCCCCCCCCOS(=O)(=O)[O-].CCCCCCCCCCC[CH2][Na].O=S(=O)(O)O.[Na+]. The molecule has 8 nitrogen and oxygen atoms in total. The van der Waals surface area contributed by atoms with E-state index in [0.717, 1.165) is 12.8 Å². The molecule has 0 aromatic heterocycles. The van der Waals surface area contributed by atoms with Crippen molar-refractivity contribution in [3.63, 3.8) is 0 Å². The Labute approximate surface area is 263 Å². The molecule has 0 aromatic rings. The van der Waals surface area contributed by atoms with E-state index in [4.69, 9.17) is 17.5 Å². The van der Waals surface area contributed by atoms with E-state index in [1.54, 1.807) is 0 Å². The van der Waals surface area contributed by atoms with Crippen molar-refractivity contribution in [3.05, 3.63) is 0 Å². The van der Waals surface area contributed by atoms with Gasteiger partial charge in [-0.1, -0.05) is 64.7 Å². The summed E-state index contributed by atoms with van der Waals surface area (Å²) in [5, 5.41) is 0. The molecular formula is C24H52Na2O8S2. The maximum absolute atomic E-state index is 10.1. The second kappa shape index (κ2) is 34.8. The molecule has 0 spiro atoms. The minimum absolute atomic E-state index is 0. The van der Waals surface area contributed by atoms with E-state index in [1.807, 2.05) is 0 Å². The molecule has 0 aromatic carbocycles. The number of rotatable bonds is 22. The Morgan fingerprint density at radius 3 is 1.08 bits per heavy atom. The first-order valence-corrected chi connectivity index (χ1v) is 17.9. The zero-order chi connectivity index (χ0) is 27.3. The molecule has 36 heavy (non-hydrogen) atoms. The molecule has 0 heterocycles. The van der Waals surface area contributed by atoms with Crippen LogP contribution < -0.4 is 29.6 Å². The zero-order valence-corrected chi connectivity index (χ0v) is 29.3. The molecule has 0 aliphatic rings. The molecule has 12 heteroatoms. The van der Waals surface area contributed by atoms with Gasteiger partial charge < -0.3 is 4.55 Å². The monoisotopic (exact) mass is 578 g/mol. The van der Waals surface area contributed by atoms with Crippen molar-refractivity contribution < 1.29 is 64.2 Å². The molecule has 0 amide bonds. The van der Waals surface area contributed by atoms with Crippen molar-refractivity contribution in [3.8, 4) is 0 Å². The van der Waals surface area contributed by atoms with Gasteiger partial charge in [-0.3, -0.25) is 13.3 Å². The van der Waals surface area contributed by atoms with Crippen LogP contribution in [-0.4, -0.2) is 65.0 Å². The summed E-state index contributed by atoms with van der Waals surface area (Å²) in [5.74, 6) is 0. The Hall–Kier alpha value is 1.74. The van der Waals surface area contributed by atoms with Gasteiger partial charge in [-0.25, -0.2) is 8.42 Å². The Kier molecular flexibility index (Phi) is 43.2. The van der Waals surface area contributed by atoms with Gasteiger partial charge in [0.05, 0.1) is 6.61 Å². The van der Waals surface area contributed by atoms with Crippen LogP contribution in [0.25, 0.3) is 0 Å². The predicted molar refractivity (Wildman–Crippen MR) is 144 cm³/mol. The normalized spacial score (nSPS) is 11.1. The summed E-state index contributed by atoms with van der Waals surface area (Å²) in [6.45, 7) is 4.53. The third-order valence-corrected chi connectivity index (χ3v) is 6.60. The summed E-state index contributed by atoms with van der Waals surface area (Å²) in [5.41, 5.74) is 0. The number of unbranched alkanes of at least 4 members (excludes halogenated alkanes) is 18. The maximum atomic E-state index is 10.1. The average molecular weight is 579 g/mol. The van der Waals surface area contributed by atoms with Crippen molar-refractivity contribution in [1.29, 1.82) is 0 Å². The van der Waals surface area contributed by atoms with Gasteiger partial charge >= 0.3 is 143 Å². The molecule has 0 bridgehead atoms. The first-order valence-electron chi connectivity index (χ1n) is 13.8. The third-order valence-electron chi connectivity index (χ3n) is 5.43. The van der Waals surface area contributed by atoms with E-state index in [2.05, 4.69) is 18.0 Å². The number of hydrogen-bond acceptors (Lipinski definition) is 6. The van der Waals surface area contributed by atoms with Gasteiger partial charge in [0.25, 0.3) is 0 Å². The minimum Gasteiger partial charge on any atom is -0.264 e. The van der Waals surface area contributed by atoms with Crippen LogP contribution in [0.3, 0.4) is 0 Å². The van der Waals surface area contributed by atoms with Crippen LogP contribution in [0.2, 0.25) is 3.67 Å². The van der Waals surface area contributed by atoms with Gasteiger partial charge in [0, 0.05) is 0 Å². The van der Waals surface area contributed by atoms with E-state index in [-0.39, 0.29) is 36.2 Å². The molecule has 0 fully saturated rings. The van der Waals surface area contributed by atoms with Crippen molar-refractivity contribution >= 4 is 48.7 Å². The Morgan fingerprint density at radius 1 is 0.583 bits per heavy atom. The summed E-state index contributed by atoms with van der Waals surface area (Å²) >= 11 is 1.41. The molecule has 0 saturated carbocycles. The van der Waals surface area contributed by atoms with E-state index >= 15 is 0 Å². The van der Waals surface area contributed by atoms with Crippen LogP contribution in [0, 0.1) is 0 Å². The van der Waals surface area contributed by atoms with Gasteiger partial charge in [-0.05, 0) is 6.42 Å². The summed E-state index contributed by atoms with van der Waals surface area (Å²) in [4.78, 5) is 0. The van der Waals surface area contributed by atoms with Gasteiger partial charge in [0.15, 0.2) is 0 Å². The Morgan fingerprint density at radius 2 is 0.833 bits per heavy atom. The van der Waals surface area contributed by atoms with Gasteiger partial charge in [-0.15, -0.1) is 0 Å². The summed E-state index contributed by atoms with van der Waals surface area (Å²) in [6, 6.07) is 0. The van der Waals surface area contributed by atoms with Crippen LogP contribution in [0.15, 0.2) is 0 Å². The molecule has 0 aliphatic heterocycles. The molecule has 0 unspecified atom stereocenters. The van der Waals surface area contributed by atoms with E-state index in [1.165, 1.54) is 141 Å². The van der Waals surface area contributed by atoms with Crippen molar-refractivity contribution in [2.75, 3.05) is 6.61 Å². The maximum Gasteiger partial charge on any atom is 1.00 e. The first-order chi connectivity index (χ1) is 16.5. The quantitative estimate of drug-likeness (QED) is 0.0842. The van der Waals surface area contributed by atoms with Gasteiger partial charge in [0.1, 0.15) is 0 Å². The standard InChI is InChI=1S/C12H26O4S.C12H25.2Na.H2O4S/c1-2-3-4-5-6-7-8-9-10-11-12-16-17(13,14)15;1-3-5-7-9-11-12-10-8-6-4-2;;;1-5(2,3)4/h2-12H2,1H3,(H,13,14,15);1,3-12H2,2H3;;;(H2,1,2,3,4)/q;;;+1;/p-1. The molecular weight excluding hydrogens is 526 g/mol. The fraction of sp³-hybridized carbons (Fsp3) is 1.00. The van der Waals surface area contributed by atoms with Crippen molar-refractivity contribution in [1.82, 2.24) is 0 Å². The molecule has 0 aliphatic carbocycles. The van der Waals surface area contributed by atoms with Crippen LogP contribution in [0.5, 0.6) is 0 Å². The average Bonchev–Trinajstić information content (AvgIpc) is 2.75. The fourth-order valence-electron chi connectivity index (χ4n) is 3.49. The van der Waals surface area contributed by atoms with E-state index < -0.39 is 20.8 Å². The second-order valence-corrected chi connectivity index (χ2v) is 12.0. The Balaban J connectivity index is -0.000000239. The van der Waals surface area contributed by atoms with E-state index in [9.17, 15) is 13.0 Å². The van der Waals surface area contributed by atoms with Gasteiger partial charge in [-0.2, -0.15) is 8.42 Å². The smallest absolute Gasteiger partial charge is 0.264 e. The van der Waals surface area contributed by atoms with Gasteiger partial charge in [0.2, 0.25) is 10.4 Å². The van der Waals surface area contributed by atoms with E-state index in [0.29, 0.717) is 6.42 Å². The second-order valence-electron chi connectivity index (χ2n) is 9.04. The topological polar surface area (TPSA) is 141 Å². The largest absolute Gasteiger partial charge is 1.00 e. The number of hydrogen-bond donors (Lipinski definition) is 2. The molecule has 0 radical (unpaired) electrons. The van der Waals surface area contributed by atoms with Crippen LogP contribution in [0.4, 0.5) is 0 Å². The van der Waals surface area contributed by atoms with Crippen LogP contribution in [-0.2, 0) is 25.0 Å². The van der Waals surface area contributed by atoms with Crippen LogP contribution >= 0.6 is 0 Å². The zero-order valence-electron chi connectivity index (χ0n) is 23.7.